The number of benzene rings is 3. The first-order valence-corrected chi connectivity index (χ1v) is 12.4. The van der Waals surface area contributed by atoms with Crippen LogP contribution in [0.3, 0.4) is 0 Å². The maximum atomic E-state index is 14.4. The molecular formula is C30H29F6N3O. The van der Waals surface area contributed by atoms with E-state index in [0.29, 0.717) is 17.3 Å². The number of carbonyl (C=O) groups is 1. The van der Waals surface area contributed by atoms with Gasteiger partial charge in [-0.3, -0.25) is 9.80 Å². The fourth-order valence-electron chi connectivity index (χ4n) is 4.03. The molecule has 0 saturated heterocycles. The second-order valence-electron chi connectivity index (χ2n) is 9.78. The minimum Gasteiger partial charge on any atom is -0.346 e. The summed E-state index contributed by atoms with van der Waals surface area (Å²) in [5.41, 5.74) is -0.972. The molecule has 0 fully saturated rings. The van der Waals surface area contributed by atoms with E-state index in [9.17, 15) is 31.1 Å². The van der Waals surface area contributed by atoms with Gasteiger partial charge in [-0.25, -0.2) is 13.2 Å². The standard InChI is InChI=1S/C30H29F6N3O/c1-19(12-13-21-8-5-6-11-26(21)32)39(38-20(2)25-15-14-24(31)17-27(25)33)18-28(40)37-29(3,4)22-9-7-10-23(16-22)30(34,35)36/h5-11,14-17H,1,12-13,18H2,2-4H3,(H,37,40)/b38-20+. The molecule has 10 heteroatoms. The first-order chi connectivity index (χ1) is 18.7. The number of nitrogens with one attached hydrogen (secondary N) is 1. The summed E-state index contributed by atoms with van der Waals surface area (Å²) in [6.07, 6.45) is -4.13. The third kappa shape index (κ3) is 7.97. The van der Waals surface area contributed by atoms with Gasteiger partial charge in [-0.05, 0) is 75.1 Å². The molecular weight excluding hydrogens is 532 g/mol. The van der Waals surface area contributed by atoms with Gasteiger partial charge in [-0.15, -0.1) is 0 Å². The summed E-state index contributed by atoms with van der Waals surface area (Å²) in [5, 5.41) is 8.27. The monoisotopic (exact) mass is 561 g/mol. The normalized spacial score (nSPS) is 12.3. The highest BCUT2D eigenvalue weighted by molar-refractivity contribution is 5.98. The van der Waals surface area contributed by atoms with E-state index in [1.165, 1.54) is 36.2 Å². The number of alkyl halides is 3. The zero-order valence-electron chi connectivity index (χ0n) is 22.2. The number of hydrogen-bond donors (Lipinski definition) is 1. The third-order valence-corrected chi connectivity index (χ3v) is 6.25. The van der Waals surface area contributed by atoms with Crippen LogP contribution in [0.1, 0.15) is 49.4 Å². The van der Waals surface area contributed by atoms with Crippen LogP contribution in [-0.4, -0.2) is 23.2 Å². The van der Waals surface area contributed by atoms with Gasteiger partial charge in [0.1, 0.15) is 24.0 Å². The minimum atomic E-state index is -4.55. The Hall–Kier alpha value is -4.08. The van der Waals surface area contributed by atoms with Crippen molar-refractivity contribution in [3.63, 3.8) is 0 Å². The number of hydrogen-bond acceptors (Lipinski definition) is 3. The van der Waals surface area contributed by atoms with Crippen LogP contribution in [0.25, 0.3) is 0 Å². The smallest absolute Gasteiger partial charge is 0.346 e. The maximum absolute atomic E-state index is 14.4. The molecule has 212 valence electrons. The molecule has 3 rings (SSSR count). The predicted octanol–water partition coefficient (Wildman–Crippen LogP) is 7.35. The van der Waals surface area contributed by atoms with Crippen LogP contribution in [0.4, 0.5) is 26.3 Å². The van der Waals surface area contributed by atoms with Gasteiger partial charge in [-0.2, -0.15) is 18.3 Å². The number of halogens is 6. The minimum absolute atomic E-state index is 0.00184. The SMILES string of the molecule is C=C(CCc1ccccc1F)N(CC(=O)NC(C)(C)c1cccc(C(F)(F)F)c1)/N=C(\C)c1ccc(F)cc1F. The lowest BCUT2D eigenvalue weighted by Crippen LogP contribution is -2.45. The Morgan fingerprint density at radius 1 is 0.925 bits per heavy atom. The molecule has 0 aliphatic heterocycles. The number of allylic oxidation sites excluding steroid dienone is 1. The highest BCUT2D eigenvalue weighted by Gasteiger charge is 2.32. The molecule has 0 atom stereocenters. The molecule has 3 aromatic rings. The van der Waals surface area contributed by atoms with Crippen molar-refractivity contribution >= 4 is 11.6 Å². The zero-order valence-corrected chi connectivity index (χ0v) is 22.2. The molecule has 0 saturated carbocycles. The quantitative estimate of drug-likeness (QED) is 0.160. The first-order valence-electron chi connectivity index (χ1n) is 12.4. The predicted molar refractivity (Wildman–Crippen MR) is 142 cm³/mol. The molecule has 40 heavy (non-hydrogen) atoms. The lowest BCUT2D eigenvalue weighted by atomic mass is 9.92. The number of rotatable bonds is 10. The summed E-state index contributed by atoms with van der Waals surface area (Å²) >= 11 is 0. The number of carbonyl (C=O) groups excluding carboxylic acids is 1. The molecule has 0 spiro atoms. The van der Waals surface area contributed by atoms with Crippen molar-refractivity contribution in [1.29, 1.82) is 0 Å². The molecule has 0 bridgehead atoms. The van der Waals surface area contributed by atoms with E-state index in [1.54, 1.807) is 32.0 Å². The topological polar surface area (TPSA) is 44.7 Å². The van der Waals surface area contributed by atoms with E-state index in [1.807, 2.05) is 0 Å². The number of nitrogens with zero attached hydrogens (tertiary/aromatic N) is 2. The average molecular weight is 562 g/mol. The van der Waals surface area contributed by atoms with Crippen molar-refractivity contribution < 1.29 is 31.1 Å². The van der Waals surface area contributed by atoms with Gasteiger partial charge in [0, 0.05) is 17.3 Å². The molecule has 1 amide bonds. The van der Waals surface area contributed by atoms with Crippen LogP contribution in [0, 0.1) is 17.5 Å². The molecule has 3 aromatic carbocycles. The van der Waals surface area contributed by atoms with Crippen LogP contribution in [0.15, 0.2) is 84.1 Å². The summed E-state index contributed by atoms with van der Waals surface area (Å²) in [6, 6.07) is 13.8. The second kappa shape index (κ2) is 12.4. The van der Waals surface area contributed by atoms with Gasteiger partial charge in [0.25, 0.3) is 0 Å². The highest BCUT2D eigenvalue weighted by Crippen LogP contribution is 2.32. The van der Waals surface area contributed by atoms with Gasteiger partial charge in [0.15, 0.2) is 0 Å². The van der Waals surface area contributed by atoms with Gasteiger partial charge < -0.3 is 5.32 Å². The van der Waals surface area contributed by atoms with Crippen LogP contribution in [0.5, 0.6) is 0 Å². The third-order valence-electron chi connectivity index (χ3n) is 6.25. The summed E-state index contributed by atoms with van der Waals surface area (Å²) < 4.78 is 81.6. The van der Waals surface area contributed by atoms with E-state index in [0.717, 1.165) is 18.2 Å². The van der Waals surface area contributed by atoms with Gasteiger partial charge in [0.05, 0.1) is 16.8 Å². The van der Waals surface area contributed by atoms with Crippen molar-refractivity contribution in [2.75, 3.05) is 6.54 Å². The zero-order chi connectivity index (χ0) is 29.7. The van der Waals surface area contributed by atoms with E-state index < -0.39 is 47.2 Å². The lowest BCUT2D eigenvalue weighted by Gasteiger charge is -2.29. The first kappa shape index (κ1) is 30.5. The Kier molecular flexibility index (Phi) is 9.44. The molecule has 4 nitrogen and oxygen atoms in total. The molecule has 0 unspecified atom stereocenters. The van der Waals surface area contributed by atoms with Crippen molar-refractivity contribution in [2.45, 2.75) is 45.3 Å². The van der Waals surface area contributed by atoms with E-state index in [-0.39, 0.29) is 29.7 Å². The van der Waals surface area contributed by atoms with Gasteiger partial charge >= 0.3 is 6.18 Å². The number of amides is 1. The summed E-state index contributed by atoms with van der Waals surface area (Å²) in [7, 11) is 0. The van der Waals surface area contributed by atoms with Gasteiger partial charge in [-0.1, -0.05) is 36.9 Å². The molecule has 0 aliphatic rings. The van der Waals surface area contributed by atoms with Crippen LogP contribution in [-0.2, 0) is 22.9 Å². The highest BCUT2D eigenvalue weighted by atomic mass is 19.4. The Bertz CT molecular complexity index is 1410. The molecule has 1 N–H and O–H groups in total. The second-order valence-corrected chi connectivity index (χ2v) is 9.78. The maximum Gasteiger partial charge on any atom is 0.416 e. The van der Waals surface area contributed by atoms with Crippen LogP contribution >= 0.6 is 0 Å². The van der Waals surface area contributed by atoms with Crippen molar-refractivity contribution in [1.82, 2.24) is 10.3 Å². The Labute approximate surface area is 229 Å². The largest absolute Gasteiger partial charge is 0.416 e. The van der Waals surface area contributed by atoms with E-state index in [4.69, 9.17) is 0 Å². The lowest BCUT2D eigenvalue weighted by molar-refractivity contribution is -0.137. The Morgan fingerprint density at radius 2 is 1.60 bits per heavy atom. The van der Waals surface area contributed by atoms with E-state index >= 15 is 0 Å². The molecule has 0 heterocycles. The summed E-state index contributed by atoms with van der Waals surface area (Å²) in [6.45, 7) is 8.13. The fourth-order valence-corrected chi connectivity index (χ4v) is 4.03. The van der Waals surface area contributed by atoms with Crippen molar-refractivity contribution in [2.24, 2.45) is 5.10 Å². The van der Waals surface area contributed by atoms with Crippen LogP contribution < -0.4 is 5.32 Å². The number of aryl methyl sites for hydroxylation is 1. The van der Waals surface area contributed by atoms with Gasteiger partial charge in [0.2, 0.25) is 5.91 Å². The van der Waals surface area contributed by atoms with Crippen molar-refractivity contribution in [3.05, 3.63) is 119 Å². The Morgan fingerprint density at radius 3 is 2.25 bits per heavy atom. The van der Waals surface area contributed by atoms with E-state index in [2.05, 4.69) is 17.0 Å². The van der Waals surface area contributed by atoms with Crippen molar-refractivity contribution in [3.8, 4) is 0 Å². The summed E-state index contributed by atoms with van der Waals surface area (Å²) in [5.74, 6) is -2.63. The van der Waals surface area contributed by atoms with Crippen LogP contribution in [0.2, 0.25) is 0 Å². The summed E-state index contributed by atoms with van der Waals surface area (Å²) in [4.78, 5) is 13.1. The average Bonchev–Trinajstić information content (AvgIpc) is 2.86. The molecule has 0 aliphatic carbocycles. The Balaban J connectivity index is 1.85. The molecule has 0 radical (unpaired) electrons. The number of hydrazone groups is 1. The molecule has 0 aromatic heterocycles. The fraction of sp³-hybridized carbons (Fsp3) is 0.267.